The molecule has 0 radical (unpaired) electrons. The van der Waals surface area contributed by atoms with E-state index in [1.54, 1.807) is 7.11 Å². The Bertz CT molecular complexity index is 494. The van der Waals surface area contributed by atoms with Crippen LogP contribution in [0.4, 0.5) is 11.6 Å². The number of nitrogen functional groups attached to an aromatic ring is 1. The number of rotatable bonds is 5. The molecule has 1 aromatic carbocycles. The molecular weight excluding hydrogens is 216 g/mol. The number of fused-ring (bicyclic) bond motifs is 1. The highest BCUT2D eigenvalue weighted by molar-refractivity contribution is 5.80. The number of imidazole rings is 1. The van der Waals surface area contributed by atoms with E-state index in [4.69, 9.17) is 10.5 Å². The normalized spacial score (nSPS) is 12.8. The Hall–Kier alpha value is -1.75. The van der Waals surface area contributed by atoms with E-state index in [0.29, 0.717) is 6.04 Å². The van der Waals surface area contributed by atoms with E-state index in [-0.39, 0.29) is 0 Å². The van der Waals surface area contributed by atoms with Gasteiger partial charge in [-0.05, 0) is 31.5 Å². The summed E-state index contributed by atoms with van der Waals surface area (Å²) in [6.07, 6.45) is 0.940. The van der Waals surface area contributed by atoms with Gasteiger partial charge in [0.15, 0.2) is 0 Å². The predicted octanol–water partition coefficient (Wildman–Crippen LogP) is 1.98. The van der Waals surface area contributed by atoms with E-state index in [2.05, 4.69) is 22.2 Å². The van der Waals surface area contributed by atoms with E-state index >= 15 is 0 Å². The molecule has 0 saturated heterocycles. The van der Waals surface area contributed by atoms with Gasteiger partial charge in [-0.1, -0.05) is 0 Å². The molecule has 0 spiro atoms. The van der Waals surface area contributed by atoms with Crippen LogP contribution in [-0.4, -0.2) is 29.7 Å². The molecule has 92 valence electrons. The number of nitrogens with one attached hydrogen (secondary N) is 2. The van der Waals surface area contributed by atoms with Gasteiger partial charge >= 0.3 is 0 Å². The number of methoxy groups -OCH3 is 1. The van der Waals surface area contributed by atoms with Crippen molar-refractivity contribution in [2.45, 2.75) is 19.4 Å². The second-order valence-electron chi connectivity index (χ2n) is 4.19. The molecule has 1 aromatic heterocycles. The van der Waals surface area contributed by atoms with Crippen molar-refractivity contribution in [1.82, 2.24) is 9.97 Å². The zero-order valence-electron chi connectivity index (χ0n) is 10.2. The summed E-state index contributed by atoms with van der Waals surface area (Å²) < 4.78 is 5.04. The first-order valence-corrected chi connectivity index (χ1v) is 5.70. The zero-order chi connectivity index (χ0) is 12.3. The maximum atomic E-state index is 5.72. The Kier molecular flexibility index (Phi) is 3.49. The Balaban J connectivity index is 2.08. The molecule has 0 aliphatic rings. The van der Waals surface area contributed by atoms with Crippen molar-refractivity contribution in [3.63, 3.8) is 0 Å². The average molecular weight is 234 g/mol. The van der Waals surface area contributed by atoms with Gasteiger partial charge in [-0.3, -0.25) is 0 Å². The van der Waals surface area contributed by atoms with E-state index in [1.165, 1.54) is 0 Å². The Morgan fingerprint density at radius 3 is 3.12 bits per heavy atom. The summed E-state index contributed by atoms with van der Waals surface area (Å²) in [5.41, 5.74) is 8.32. The van der Waals surface area contributed by atoms with E-state index in [9.17, 15) is 0 Å². The molecule has 0 aliphatic carbocycles. The van der Waals surface area contributed by atoms with Crippen LogP contribution in [0.3, 0.4) is 0 Å². The number of aromatic nitrogens is 2. The van der Waals surface area contributed by atoms with Crippen molar-refractivity contribution in [2.75, 3.05) is 24.8 Å². The quantitative estimate of drug-likeness (QED) is 0.691. The second kappa shape index (κ2) is 5.05. The summed E-state index contributed by atoms with van der Waals surface area (Å²) in [6.45, 7) is 2.84. The molecule has 0 saturated carbocycles. The smallest absolute Gasteiger partial charge is 0.201 e. The van der Waals surface area contributed by atoms with Crippen LogP contribution in [0.1, 0.15) is 13.3 Å². The van der Waals surface area contributed by atoms with Crippen LogP contribution in [-0.2, 0) is 4.74 Å². The largest absolute Gasteiger partial charge is 0.399 e. The highest BCUT2D eigenvalue weighted by Crippen LogP contribution is 2.17. The molecule has 1 atom stereocenters. The minimum absolute atomic E-state index is 0.313. The lowest BCUT2D eigenvalue weighted by Crippen LogP contribution is -2.17. The van der Waals surface area contributed by atoms with Gasteiger partial charge in [-0.15, -0.1) is 0 Å². The van der Waals surface area contributed by atoms with Crippen molar-refractivity contribution in [2.24, 2.45) is 0 Å². The lowest BCUT2D eigenvalue weighted by molar-refractivity contribution is 0.191. The Morgan fingerprint density at radius 1 is 1.53 bits per heavy atom. The van der Waals surface area contributed by atoms with Gasteiger partial charge in [0.1, 0.15) is 0 Å². The summed E-state index contributed by atoms with van der Waals surface area (Å²) in [6, 6.07) is 5.95. The first-order valence-electron chi connectivity index (χ1n) is 5.70. The molecule has 1 heterocycles. The molecule has 2 aromatic rings. The molecule has 1 unspecified atom stereocenters. The molecule has 0 aliphatic heterocycles. The van der Waals surface area contributed by atoms with Crippen molar-refractivity contribution >= 4 is 22.7 Å². The summed E-state index contributed by atoms with van der Waals surface area (Å²) in [5.74, 6) is 0.772. The molecular formula is C12H18N4O. The number of aromatic amines is 1. The molecule has 4 N–H and O–H groups in total. The first kappa shape index (κ1) is 11.7. The minimum Gasteiger partial charge on any atom is -0.399 e. The van der Waals surface area contributed by atoms with Gasteiger partial charge in [0.05, 0.1) is 11.0 Å². The van der Waals surface area contributed by atoms with Crippen LogP contribution in [0.5, 0.6) is 0 Å². The second-order valence-corrected chi connectivity index (χ2v) is 4.19. The molecule has 0 bridgehead atoms. The van der Waals surface area contributed by atoms with Gasteiger partial charge in [0, 0.05) is 25.4 Å². The lowest BCUT2D eigenvalue weighted by Gasteiger charge is -2.11. The number of nitrogens with two attached hydrogens (primary N) is 1. The van der Waals surface area contributed by atoms with Crippen LogP contribution in [0, 0.1) is 0 Å². The van der Waals surface area contributed by atoms with Crippen LogP contribution >= 0.6 is 0 Å². The fraction of sp³-hybridized carbons (Fsp3) is 0.417. The number of anilines is 2. The summed E-state index contributed by atoms with van der Waals surface area (Å²) >= 11 is 0. The van der Waals surface area contributed by atoms with Gasteiger partial charge in [-0.2, -0.15) is 0 Å². The van der Waals surface area contributed by atoms with Crippen molar-refractivity contribution in [1.29, 1.82) is 0 Å². The van der Waals surface area contributed by atoms with E-state index < -0.39 is 0 Å². The van der Waals surface area contributed by atoms with Crippen LogP contribution < -0.4 is 11.1 Å². The molecule has 5 heteroatoms. The van der Waals surface area contributed by atoms with Crippen LogP contribution in [0.15, 0.2) is 18.2 Å². The fourth-order valence-electron chi connectivity index (χ4n) is 1.70. The first-order chi connectivity index (χ1) is 8.19. The number of hydrogen-bond donors (Lipinski definition) is 3. The average Bonchev–Trinajstić information content (AvgIpc) is 2.67. The molecule has 2 rings (SSSR count). The Labute approximate surface area is 100 Å². The van der Waals surface area contributed by atoms with Crippen molar-refractivity contribution in [3.8, 4) is 0 Å². The van der Waals surface area contributed by atoms with Crippen LogP contribution in [0.2, 0.25) is 0 Å². The van der Waals surface area contributed by atoms with E-state index in [1.807, 2.05) is 18.2 Å². The predicted molar refractivity (Wildman–Crippen MR) is 70.1 cm³/mol. The maximum absolute atomic E-state index is 5.72. The van der Waals surface area contributed by atoms with Crippen molar-refractivity contribution < 1.29 is 4.74 Å². The minimum atomic E-state index is 0.313. The highest BCUT2D eigenvalue weighted by Gasteiger charge is 2.06. The third-order valence-electron chi connectivity index (χ3n) is 2.64. The van der Waals surface area contributed by atoms with Gasteiger partial charge < -0.3 is 20.8 Å². The monoisotopic (exact) mass is 234 g/mol. The fourth-order valence-corrected chi connectivity index (χ4v) is 1.70. The standard InChI is InChI=1S/C12H18N4O/c1-8(5-6-17-2)14-12-15-10-4-3-9(13)7-11(10)16-12/h3-4,7-8H,5-6,13H2,1-2H3,(H2,14,15,16). The van der Waals surface area contributed by atoms with E-state index in [0.717, 1.165) is 35.7 Å². The number of nitrogens with zero attached hydrogens (tertiary/aromatic N) is 1. The number of H-pyrrole nitrogens is 1. The zero-order valence-corrected chi connectivity index (χ0v) is 10.2. The number of ether oxygens (including phenoxy) is 1. The lowest BCUT2D eigenvalue weighted by atomic mass is 10.2. The topological polar surface area (TPSA) is 76.0 Å². The number of benzene rings is 1. The van der Waals surface area contributed by atoms with Gasteiger partial charge in [0.25, 0.3) is 0 Å². The third-order valence-corrected chi connectivity index (χ3v) is 2.64. The highest BCUT2D eigenvalue weighted by atomic mass is 16.5. The SMILES string of the molecule is COCCC(C)Nc1nc2ccc(N)cc2[nH]1. The van der Waals surface area contributed by atoms with Crippen LogP contribution in [0.25, 0.3) is 11.0 Å². The molecule has 5 nitrogen and oxygen atoms in total. The number of hydrogen-bond acceptors (Lipinski definition) is 4. The summed E-state index contributed by atoms with van der Waals surface area (Å²) in [4.78, 5) is 7.64. The molecule has 0 fully saturated rings. The summed E-state index contributed by atoms with van der Waals surface area (Å²) in [7, 11) is 1.71. The van der Waals surface area contributed by atoms with Crippen molar-refractivity contribution in [3.05, 3.63) is 18.2 Å². The van der Waals surface area contributed by atoms with Gasteiger partial charge in [0.2, 0.25) is 5.95 Å². The molecule has 0 amide bonds. The molecule has 17 heavy (non-hydrogen) atoms. The third kappa shape index (κ3) is 2.88. The Morgan fingerprint density at radius 2 is 2.35 bits per heavy atom. The summed E-state index contributed by atoms with van der Waals surface area (Å²) in [5, 5.41) is 3.30. The van der Waals surface area contributed by atoms with Gasteiger partial charge in [-0.25, -0.2) is 4.98 Å². The maximum Gasteiger partial charge on any atom is 0.201 e.